The Hall–Kier alpha value is -2.08. The molecule has 0 aliphatic heterocycles. The van der Waals surface area contributed by atoms with Crippen molar-refractivity contribution in [2.24, 2.45) is 0 Å². The zero-order chi connectivity index (χ0) is 15.4. The van der Waals surface area contributed by atoms with Crippen molar-refractivity contribution in [1.29, 1.82) is 0 Å². The SMILES string of the molecule is CC(C)N(Cc1cccc(Cl)c1)C(=O)Cn1cnc(N)n1. The molecule has 0 atom stereocenters. The number of anilines is 1. The van der Waals surface area contributed by atoms with Crippen molar-refractivity contribution in [3.63, 3.8) is 0 Å². The first-order valence-electron chi connectivity index (χ1n) is 6.64. The molecule has 21 heavy (non-hydrogen) atoms. The lowest BCUT2D eigenvalue weighted by Crippen LogP contribution is -2.38. The lowest BCUT2D eigenvalue weighted by molar-refractivity contribution is -0.134. The molecule has 1 heterocycles. The van der Waals surface area contributed by atoms with Crippen molar-refractivity contribution >= 4 is 23.5 Å². The van der Waals surface area contributed by atoms with Gasteiger partial charge in [-0.25, -0.2) is 9.67 Å². The normalized spacial score (nSPS) is 10.9. The predicted octanol–water partition coefficient (Wildman–Crippen LogP) is 1.95. The molecule has 1 aromatic carbocycles. The smallest absolute Gasteiger partial charge is 0.244 e. The van der Waals surface area contributed by atoms with Gasteiger partial charge in [-0.1, -0.05) is 23.7 Å². The van der Waals surface area contributed by atoms with Gasteiger partial charge in [-0.15, -0.1) is 5.10 Å². The summed E-state index contributed by atoms with van der Waals surface area (Å²) >= 11 is 5.98. The van der Waals surface area contributed by atoms with Crippen LogP contribution in [-0.2, 0) is 17.9 Å². The fourth-order valence-corrected chi connectivity index (χ4v) is 2.22. The lowest BCUT2D eigenvalue weighted by atomic mass is 10.2. The number of rotatable bonds is 5. The highest BCUT2D eigenvalue weighted by Crippen LogP contribution is 2.14. The standard InChI is InChI=1S/C14H18ClN5O/c1-10(2)20(7-11-4-3-5-12(15)6-11)13(21)8-19-9-17-14(16)18-19/h3-6,9-10H,7-8H2,1-2H3,(H2,16,18). The predicted molar refractivity (Wildman–Crippen MR) is 81.6 cm³/mol. The number of nitrogens with two attached hydrogens (primary N) is 1. The molecule has 7 heteroatoms. The zero-order valence-electron chi connectivity index (χ0n) is 12.0. The Kier molecular flexibility index (Phi) is 4.80. The first kappa shape index (κ1) is 15.3. The quantitative estimate of drug-likeness (QED) is 0.916. The second kappa shape index (κ2) is 6.58. The van der Waals surface area contributed by atoms with Crippen LogP contribution in [0.2, 0.25) is 5.02 Å². The van der Waals surface area contributed by atoms with Crippen molar-refractivity contribution in [1.82, 2.24) is 19.7 Å². The van der Waals surface area contributed by atoms with E-state index >= 15 is 0 Å². The summed E-state index contributed by atoms with van der Waals surface area (Å²) in [6.07, 6.45) is 1.45. The molecular formula is C14H18ClN5O. The molecule has 112 valence electrons. The van der Waals surface area contributed by atoms with Crippen molar-refractivity contribution in [3.8, 4) is 0 Å². The van der Waals surface area contributed by atoms with E-state index in [2.05, 4.69) is 10.1 Å². The van der Waals surface area contributed by atoms with E-state index in [0.717, 1.165) is 5.56 Å². The number of halogens is 1. The number of nitrogen functional groups attached to an aromatic ring is 1. The number of nitrogens with zero attached hydrogens (tertiary/aromatic N) is 4. The van der Waals surface area contributed by atoms with Gasteiger partial charge in [-0.3, -0.25) is 4.79 Å². The van der Waals surface area contributed by atoms with Crippen LogP contribution in [0, 0.1) is 0 Å². The van der Waals surface area contributed by atoms with Gasteiger partial charge >= 0.3 is 0 Å². The highest BCUT2D eigenvalue weighted by atomic mass is 35.5. The van der Waals surface area contributed by atoms with E-state index in [9.17, 15) is 4.79 Å². The van der Waals surface area contributed by atoms with E-state index < -0.39 is 0 Å². The van der Waals surface area contributed by atoms with Gasteiger partial charge in [0.05, 0.1) is 0 Å². The topological polar surface area (TPSA) is 77.0 Å². The molecule has 0 fully saturated rings. The Morgan fingerprint density at radius 3 is 2.81 bits per heavy atom. The van der Waals surface area contributed by atoms with Crippen LogP contribution >= 0.6 is 11.6 Å². The number of hydrogen-bond acceptors (Lipinski definition) is 4. The Balaban J connectivity index is 2.09. The molecule has 0 radical (unpaired) electrons. The molecule has 2 aromatic rings. The molecule has 2 rings (SSSR count). The van der Waals surface area contributed by atoms with Crippen LogP contribution in [-0.4, -0.2) is 31.6 Å². The van der Waals surface area contributed by atoms with Gasteiger partial charge in [-0.05, 0) is 31.5 Å². The largest absolute Gasteiger partial charge is 0.367 e. The van der Waals surface area contributed by atoms with Crippen LogP contribution in [0.15, 0.2) is 30.6 Å². The van der Waals surface area contributed by atoms with Crippen LogP contribution in [0.5, 0.6) is 0 Å². The van der Waals surface area contributed by atoms with Crippen LogP contribution in [0.4, 0.5) is 5.95 Å². The Bertz CT molecular complexity index is 625. The molecule has 0 spiro atoms. The minimum absolute atomic E-state index is 0.0464. The van der Waals surface area contributed by atoms with E-state index in [1.165, 1.54) is 11.0 Å². The first-order chi connectivity index (χ1) is 9.95. The summed E-state index contributed by atoms with van der Waals surface area (Å²) in [4.78, 5) is 18.0. The molecular weight excluding hydrogens is 290 g/mol. The minimum atomic E-state index is -0.0464. The number of amides is 1. The first-order valence-corrected chi connectivity index (χ1v) is 7.02. The average Bonchev–Trinajstić information content (AvgIpc) is 2.81. The van der Waals surface area contributed by atoms with Gasteiger partial charge in [0.2, 0.25) is 11.9 Å². The van der Waals surface area contributed by atoms with E-state index in [1.54, 1.807) is 4.90 Å². The van der Waals surface area contributed by atoms with Crippen molar-refractivity contribution < 1.29 is 4.79 Å². The molecule has 1 amide bonds. The van der Waals surface area contributed by atoms with E-state index in [4.69, 9.17) is 17.3 Å². The molecule has 0 saturated heterocycles. The molecule has 0 unspecified atom stereocenters. The van der Waals surface area contributed by atoms with Crippen molar-refractivity contribution in [3.05, 3.63) is 41.2 Å². The Morgan fingerprint density at radius 2 is 2.24 bits per heavy atom. The monoisotopic (exact) mass is 307 g/mol. The number of carbonyl (C=O) groups is 1. The fourth-order valence-electron chi connectivity index (χ4n) is 2.01. The molecule has 0 saturated carbocycles. The van der Waals surface area contributed by atoms with Gasteiger partial charge < -0.3 is 10.6 Å². The minimum Gasteiger partial charge on any atom is -0.367 e. The maximum atomic E-state index is 12.4. The lowest BCUT2D eigenvalue weighted by Gasteiger charge is -2.27. The zero-order valence-corrected chi connectivity index (χ0v) is 12.8. The number of benzene rings is 1. The molecule has 0 bridgehead atoms. The van der Waals surface area contributed by atoms with Gasteiger partial charge in [0.1, 0.15) is 12.9 Å². The van der Waals surface area contributed by atoms with Crippen LogP contribution < -0.4 is 5.73 Å². The summed E-state index contributed by atoms with van der Waals surface area (Å²) in [6.45, 7) is 4.56. The van der Waals surface area contributed by atoms with E-state index in [0.29, 0.717) is 11.6 Å². The van der Waals surface area contributed by atoms with Gasteiger partial charge in [0.25, 0.3) is 0 Å². The van der Waals surface area contributed by atoms with Gasteiger partial charge in [-0.2, -0.15) is 0 Å². The third kappa shape index (κ3) is 4.19. The Labute approximate surface area is 128 Å². The molecule has 0 aliphatic carbocycles. The number of hydrogen-bond donors (Lipinski definition) is 1. The summed E-state index contributed by atoms with van der Waals surface area (Å²) in [7, 11) is 0. The summed E-state index contributed by atoms with van der Waals surface area (Å²) in [6, 6.07) is 7.56. The van der Waals surface area contributed by atoms with Crippen LogP contribution in [0.25, 0.3) is 0 Å². The molecule has 6 nitrogen and oxygen atoms in total. The number of aromatic nitrogens is 3. The third-order valence-electron chi connectivity index (χ3n) is 3.04. The second-order valence-electron chi connectivity index (χ2n) is 5.05. The highest BCUT2D eigenvalue weighted by Gasteiger charge is 2.18. The van der Waals surface area contributed by atoms with Crippen LogP contribution in [0.3, 0.4) is 0 Å². The summed E-state index contributed by atoms with van der Waals surface area (Å²) in [5.74, 6) is 0.114. The van der Waals surface area contributed by atoms with Gasteiger partial charge in [0.15, 0.2) is 0 Å². The van der Waals surface area contributed by atoms with Crippen molar-refractivity contribution in [2.75, 3.05) is 5.73 Å². The van der Waals surface area contributed by atoms with Gasteiger partial charge in [0, 0.05) is 17.6 Å². The third-order valence-corrected chi connectivity index (χ3v) is 3.27. The van der Waals surface area contributed by atoms with E-state index in [-0.39, 0.29) is 24.4 Å². The fraction of sp³-hybridized carbons (Fsp3) is 0.357. The molecule has 1 aromatic heterocycles. The summed E-state index contributed by atoms with van der Waals surface area (Å²) in [5.41, 5.74) is 6.44. The molecule has 2 N–H and O–H groups in total. The average molecular weight is 308 g/mol. The summed E-state index contributed by atoms with van der Waals surface area (Å²) in [5, 5.41) is 4.59. The Morgan fingerprint density at radius 1 is 1.48 bits per heavy atom. The van der Waals surface area contributed by atoms with E-state index in [1.807, 2.05) is 38.1 Å². The highest BCUT2D eigenvalue weighted by molar-refractivity contribution is 6.30. The maximum absolute atomic E-state index is 12.4. The summed E-state index contributed by atoms with van der Waals surface area (Å²) < 4.78 is 1.44. The number of carbonyl (C=O) groups excluding carboxylic acids is 1. The molecule has 0 aliphatic rings. The maximum Gasteiger partial charge on any atom is 0.244 e. The second-order valence-corrected chi connectivity index (χ2v) is 5.48. The van der Waals surface area contributed by atoms with Crippen molar-refractivity contribution in [2.45, 2.75) is 33.0 Å². The van der Waals surface area contributed by atoms with Crippen LogP contribution in [0.1, 0.15) is 19.4 Å².